The highest BCUT2D eigenvalue weighted by Gasteiger charge is 2.26. The molecule has 0 N–H and O–H groups in total. The second-order valence-electron chi connectivity index (χ2n) is 6.84. The number of hydrogen-bond acceptors (Lipinski definition) is 3. The van der Waals surface area contributed by atoms with Gasteiger partial charge in [0, 0.05) is 37.1 Å². The van der Waals surface area contributed by atoms with E-state index < -0.39 is 0 Å². The van der Waals surface area contributed by atoms with E-state index in [-0.39, 0.29) is 11.8 Å². The summed E-state index contributed by atoms with van der Waals surface area (Å²) in [6, 6.07) is 19.0. The summed E-state index contributed by atoms with van der Waals surface area (Å²) < 4.78 is 0. The maximum Gasteiger partial charge on any atom is 0.272 e. The predicted molar refractivity (Wildman–Crippen MR) is 105 cm³/mol. The molecule has 27 heavy (non-hydrogen) atoms. The monoisotopic (exact) mass is 359 g/mol. The number of pyridine rings is 1. The zero-order valence-corrected chi connectivity index (χ0v) is 15.3. The predicted octanol–water partition coefficient (Wildman–Crippen LogP) is 3.14. The van der Waals surface area contributed by atoms with Crippen LogP contribution in [0.25, 0.3) is 10.9 Å². The zero-order valence-electron chi connectivity index (χ0n) is 15.3. The van der Waals surface area contributed by atoms with Crippen molar-refractivity contribution in [3.63, 3.8) is 0 Å². The number of carbonyl (C=O) groups excluding carboxylic acids is 2. The van der Waals surface area contributed by atoms with Gasteiger partial charge in [-0.1, -0.05) is 42.0 Å². The first kappa shape index (κ1) is 17.2. The van der Waals surface area contributed by atoms with Crippen LogP contribution in [-0.2, 0) is 0 Å². The molecule has 0 radical (unpaired) electrons. The lowest BCUT2D eigenvalue weighted by Gasteiger charge is -2.34. The van der Waals surface area contributed by atoms with Crippen LogP contribution in [0.15, 0.2) is 60.7 Å². The molecule has 2 heterocycles. The Morgan fingerprint density at radius 2 is 1.41 bits per heavy atom. The number of nitrogens with zero attached hydrogens (tertiary/aromatic N) is 3. The van der Waals surface area contributed by atoms with Gasteiger partial charge in [-0.3, -0.25) is 9.59 Å². The smallest absolute Gasteiger partial charge is 0.272 e. The van der Waals surface area contributed by atoms with Crippen LogP contribution in [0.2, 0.25) is 0 Å². The molecule has 136 valence electrons. The molecule has 5 heteroatoms. The second kappa shape index (κ2) is 7.19. The van der Waals surface area contributed by atoms with E-state index in [1.165, 1.54) is 0 Å². The van der Waals surface area contributed by atoms with Crippen LogP contribution >= 0.6 is 0 Å². The van der Waals surface area contributed by atoms with Crippen LogP contribution in [0.5, 0.6) is 0 Å². The molecule has 1 saturated heterocycles. The number of rotatable bonds is 2. The molecule has 2 amide bonds. The number of fused-ring (bicyclic) bond motifs is 1. The van der Waals surface area contributed by atoms with Crippen molar-refractivity contribution >= 4 is 22.7 Å². The van der Waals surface area contributed by atoms with Crippen molar-refractivity contribution in [1.82, 2.24) is 14.8 Å². The van der Waals surface area contributed by atoms with Crippen molar-refractivity contribution < 1.29 is 9.59 Å². The summed E-state index contributed by atoms with van der Waals surface area (Å²) in [5.41, 5.74) is 3.09. The number of amides is 2. The average Bonchev–Trinajstić information content (AvgIpc) is 2.73. The largest absolute Gasteiger partial charge is 0.335 e. The fourth-order valence-electron chi connectivity index (χ4n) is 3.34. The van der Waals surface area contributed by atoms with E-state index >= 15 is 0 Å². The molecule has 0 bridgehead atoms. The first-order valence-electron chi connectivity index (χ1n) is 9.13. The van der Waals surface area contributed by atoms with E-state index in [1.807, 2.05) is 66.4 Å². The molecule has 2 aromatic carbocycles. The Balaban J connectivity index is 1.42. The number of carbonyl (C=O) groups is 2. The SMILES string of the molecule is Cc1ccc(C(=O)N2CCN(C(=O)c3ccc4ccccc4n3)CC2)cc1. The second-order valence-corrected chi connectivity index (χ2v) is 6.84. The van der Waals surface area contributed by atoms with Crippen molar-refractivity contribution in [2.45, 2.75) is 6.92 Å². The Bertz CT molecular complexity index is 990. The number of hydrogen-bond donors (Lipinski definition) is 0. The molecule has 1 fully saturated rings. The maximum absolute atomic E-state index is 12.8. The van der Waals surface area contributed by atoms with Crippen LogP contribution in [0.1, 0.15) is 26.4 Å². The summed E-state index contributed by atoms with van der Waals surface area (Å²) in [4.78, 5) is 33.5. The average molecular weight is 359 g/mol. The van der Waals surface area contributed by atoms with Crippen LogP contribution in [0, 0.1) is 6.92 Å². The number of para-hydroxylation sites is 1. The van der Waals surface area contributed by atoms with Gasteiger partial charge in [0.25, 0.3) is 11.8 Å². The van der Waals surface area contributed by atoms with Crippen molar-refractivity contribution in [3.05, 3.63) is 77.5 Å². The molecule has 0 atom stereocenters. The van der Waals surface area contributed by atoms with Gasteiger partial charge in [0.05, 0.1) is 5.52 Å². The number of benzene rings is 2. The molecule has 1 aromatic heterocycles. The van der Waals surface area contributed by atoms with Gasteiger partial charge < -0.3 is 9.80 Å². The van der Waals surface area contributed by atoms with Gasteiger partial charge in [0.15, 0.2) is 0 Å². The molecule has 1 aliphatic rings. The summed E-state index contributed by atoms with van der Waals surface area (Å²) >= 11 is 0. The molecule has 0 spiro atoms. The minimum Gasteiger partial charge on any atom is -0.335 e. The summed E-state index contributed by atoms with van der Waals surface area (Å²) in [5, 5.41) is 1.02. The Kier molecular flexibility index (Phi) is 4.59. The molecule has 4 rings (SSSR count). The van der Waals surface area contributed by atoms with Crippen molar-refractivity contribution in [1.29, 1.82) is 0 Å². The van der Waals surface area contributed by atoms with Gasteiger partial charge in [-0.05, 0) is 31.2 Å². The van der Waals surface area contributed by atoms with Crippen LogP contribution in [0.3, 0.4) is 0 Å². The molecular weight excluding hydrogens is 338 g/mol. The van der Waals surface area contributed by atoms with E-state index in [1.54, 1.807) is 11.0 Å². The van der Waals surface area contributed by atoms with E-state index in [2.05, 4.69) is 4.98 Å². The number of aryl methyl sites for hydroxylation is 1. The van der Waals surface area contributed by atoms with Gasteiger partial charge in [-0.15, -0.1) is 0 Å². The fourth-order valence-corrected chi connectivity index (χ4v) is 3.34. The van der Waals surface area contributed by atoms with E-state index in [9.17, 15) is 9.59 Å². The molecule has 5 nitrogen and oxygen atoms in total. The fraction of sp³-hybridized carbons (Fsp3) is 0.227. The highest BCUT2D eigenvalue weighted by Crippen LogP contribution is 2.15. The topological polar surface area (TPSA) is 53.5 Å². The number of aromatic nitrogens is 1. The van der Waals surface area contributed by atoms with Crippen molar-refractivity contribution in [2.75, 3.05) is 26.2 Å². The standard InChI is InChI=1S/C22H21N3O2/c1-16-6-8-18(9-7-16)21(26)24-12-14-25(15-13-24)22(27)20-11-10-17-4-2-3-5-19(17)23-20/h2-11H,12-15H2,1H3. The lowest BCUT2D eigenvalue weighted by Crippen LogP contribution is -2.50. The zero-order chi connectivity index (χ0) is 18.8. The van der Waals surface area contributed by atoms with Crippen molar-refractivity contribution in [2.24, 2.45) is 0 Å². The van der Waals surface area contributed by atoms with Crippen molar-refractivity contribution in [3.8, 4) is 0 Å². The normalized spacial score (nSPS) is 14.4. The quantitative estimate of drug-likeness (QED) is 0.706. The Hall–Kier alpha value is -3.21. The molecule has 0 saturated carbocycles. The Morgan fingerprint density at radius 3 is 2.11 bits per heavy atom. The van der Waals surface area contributed by atoms with Crippen LogP contribution < -0.4 is 0 Å². The molecule has 3 aromatic rings. The third kappa shape index (κ3) is 3.53. The lowest BCUT2D eigenvalue weighted by molar-refractivity contribution is 0.0532. The third-order valence-corrected chi connectivity index (χ3v) is 4.97. The lowest BCUT2D eigenvalue weighted by atomic mass is 10.1. The summed E-state index contributed by atoms with van der Waals surface area (Å²) in [6.45, 7) is 4.10. The van der Waals surface area contributed by atoms with Gasteiger partial charge in [-0.25, -0.2) is 4.98 Å². The highest BCUT2D eigenvalue weighted by molar-refractivity contribution is 5.96. The first-order valence-corrected chi connectivity index (χ1v) is 9.13. The minimum absolute atomic E-state index is 0.0194. The van der Waals surface area contributed by atoms with Gasteiger partial charge in [-0.2, -0.15) is 0 Å². The number of piperazine rings is 1. The van der Waals surface area contributed by atoms with E-state index in [0.29, 0.717) is 37.4 Å². The van der Waals surface area contributed by atoms with Crippen LogP contribution in [-0.4, -0.2) is 52.8 Å². The minimum atomic E-state index is -0.0804. The Morgan fingerprint density at radius 1 is 0.778 bits per heavy atom. The molecular formula is C22H21N3O2. The van der Waals surface area contributed by atoms with Gasteiger partial charge in [0.2, 0.25) is 0 Å². The summed E-state index contributed by atoms with van der Waals surface area (Å²) in [7, 11) is 0. The molecule has 0 aliphatic carbocycles. The first-order chi connectivity index (χ1) is 13.1. The molecule has 0 unspecified atom stereocenters. The molecule has 1 aliphatic heterocycles. The van der Waals surface area contributed by atoms with Gasteiger partial charge in [0.1, 0.15) is 5.69 Å². The van der Waals surface area contributed by atoms with Gasteiger partial charge >= 0.3 is 0 Å². The van der Waals surface area contributed by atoms with Crippen LogP contribution in [0.4, 0.5) is 0 Å². The Labute approximate surface area is 158 Å². The van der Waals surface area contributed by atoms with E-state index in [0.717, 1.165) is 16.5 Å². The third-order valence-electron chi connectivity index (χ3n) is 4.97. The summed E-state index contributed by atoms with van der Waals surface area (Å²) in [5.74, 6) is -0.0610. The highest BCUT2D eigenvalue weighted by atomic mass is 16.2. The van der Waals surface area contributed by atoms with E-state index in [4.69, 9.17) is 0 Å². The maximum atomic E-state index is 12.8. The summed E-state index contributed by atoms with van der Waals surface area (Å²) in [6.07, 6.45) is 0.